The average Bonchev–Trinajstić information content (AvgIpc) is 3.28. The van der Waals surface area contributed by atoms with Gasteiger partial charge >= 0.3 is 0 Å². The fraction of sp³-hybridized carbons (Fsp3) is 0.182. The molecule has 3 nitrogen and oxygen atoms in total. The van der Waals surface area contributed by atoms with E-state index in [1.807, 2.05) is 24.3 Å². The van der Waals surface area contributed by atoms with Gasteiger partial charge in [-0.2, -0.15) is 0 Å². The van der Waals surface area contributed by atoms with Crippen LogP contribution in [0.5, 0.6) is 0 Å². The molecule has 0 bridgehead atoms. The maximum Gasteiger partial charge on any atom is 0.258 e. The Morgan fingerprint density at radius 3 is 2.89 bits per heavy atom. The van der Waals surface area contributed by atoms with E-state index in [0.717, 1.165) is 33.7 Å². The normalized spacial score (nSPS) is 12.8. The van der Waals surface area contributed by atoms with Gasteiger partial charge in [0.1, 0.15) is 0 Å². The molecule has 0 saturated carbocycles. The van der Waals surface area contributed by atoms with Crippen LogP contribution in [0.4, 0.5) is 5.13 Å². The Balaban J connectivity index is 1.54. The number of aromatic nitrogens is 1. The molecule has 0 radical (unpaired) electrons. The van der Waals surface area contributed by atoms with Gasteiger partial charge in [0, 0.05) is 10.3 Å². The number of amides is 1. The number of carbonyl (C=O) groups is 1. The van der Waals surface area contributed by atoms with Crippen LogP contribution in [0.3, 0.4) is 0 Å². The molecule has 1 amide bonds. The van der Waals surface area contributed by atoms with Crippen LogP contribution in [0.2, 0.25) is 0 Å². The van der Waals surface area contributed by atoms with Crippen LogP contribution in [-0.2, 0) is 12.8 Å². The second-order valence-electron chi connectivity index (χ2n) is 6.62. The Labute approximate surface area is 165 Å². The number of hydrogen-bond donors (Lipinski definition) is 1. The highest BCUT2D eigenvalue weighted by Gasteiger charge is 2.19. The van der Waals surface area contributed by atoms with Crippen LogP contribution < -0.4 is 5.32 Å². The van der Waals surface area contributed by atoms with Gasteiger partial charge in [-0.3, -0.25) is 10.1 Å². The van der Waals surface area contributed by atoms with Gasteiger partial charge in [-0.25, -0.2) is 4.98 Å². The molecule has 0 atom stereocenters. The summed E-state index contributed by atoms with van der Waals surface area (Å²) in [5.41, 5.74) is 4.51. The zero-order chi connectivity index (χ0) is 18.4. The summed E-state index contributed by atoms with van der Waals surface area (Å²) in [6.07, 6.45) is 2.20. The molecule has 1 aliphatic carbocycles. The average molecular weight is 391 g/mol. The molecule has 1 N–H and O–H groups in total. The first-order valence-electron chi connectivity index (χ1n) is 9.12. The van der Waals surface area contributed by atoms with Gasteiger partial charge in [0.15, 0.2) is 5.13 Å². The summed E-state index contributed by atoms with van der Waals surface area (Å²) in [6, 6.07) is 16.5. The Bertz CT molecular complexity index is 1200. The highest BCUT2D eigenvalue weighted by molar-refractivity contribution is 7.99. The van der Waals surface area contributed by atoms with Crippen molar-refractivity contribution in [1.82, 2.24) is 4.98 Å². The first-order chi connectivity index (χ1) is 13.2. The lowest BCUT2D eigenvalue weighted by molar-refractivity contribution is 0.102. The number of fused-ring (bicyclic) bond motifs is 2. The third-order valence-corrected chi connectivity index (χ3v) is 6.87. The van der Waals surface area contributed by atoms with E-state index in [4.69, 9.17) is 4.98 Å². The van der Waals surface area contributed by atoms with Crippen molar-refractivity contribution in [2.24, 2.45) is 0 Å². The van der Waals surface area contributed by atoms with Crippen molar-refractivity contribution in [3.8, 4) is 0 Å². The van der Waals surface area contributed by atoms with Gasteiger partial charge in [0.05, 0.1) is 15.8 Å². The molecule has 3 aromatic carbocycles. The summed E-state index contributed by atoms with van der Waals surface area (Å²) in [4.78, 5) is 18.6. The Morgan fingerprint density at radius 2 is 2.00 bits per heavy atom. The molecule has 0 unspecified atom stereocenters. The Hall–Kier alpha value is -2.37. The van der Waals surface area contributed by atoms with Gasteiger partial charge in [0.2, 0.25) is 0 Å². The first-order valence-corrected chi connectivity index (χ1v) is 10.9. The highest BCUT2D eigenvalue weighted by atomic mass is 32.2. The third kappa shape index (κ3) is 2.82. The predicted molar refractivity (Wildman–Crippen MR) is 115 cm³/mol. The number of nitrogens with one attached hydrogen (secondary N) is 1. The second-order valence-corrected chi connectivity index (χ2v) is 8.96. The minimum Gasteiger partial charge on any atom is -0.298 e. The minimum absolute atomic E-state index is 0.0945. The van der Waals surface area contributed by atoms with E-state index < -0.39 is 0 Å². The van der Waals surface area contributed by atoms with Crippen molar-refractivity contribution in [2.45, 2.75) is 24.7 Å². The molecule has 1 aliphatic rings. The maximum absolute atomic E-state index is 12.8. The Morgan fingerprint density at radius 1 is 1.15 bits per heavy atom. The number of anilines is 1. The predicted octanol–water partition coefficient (Wildman–Crippen LogP) is 5.91. The largest absolute Gasteiger partial charge is 0.298 e. The number of rotatable bonds is 4. The molecule has 1 aromatic heterocycles. The number of benzene rings is 3. The van der Waals surface area contributed by atoms with Crippen molar-refractivity contribution in [1.29, 1.82) is 0 Å². The summed E-state index contributed by atoms with van der Waals surface area (Å²) < 4.78 is 1.14. The van der Waals surface area contributed by atoms with E-state index in [2.05, 4.69) is 36.5 Å². The number of thioether (sulfide) groups is 1. The zero-order valence-corrected chi connectivity index (χ0v) is 16.5. The third-order valence-electron chi connectivity index (χ3n) is 5.00. The molecule has 0 fully saturated rings. The van der Waals surface area contributed by atoms with E-state index in [-0.39, 0.29) is 5.91 Å². The topological polar surface area (TPSA) is 42.0 Å². The quantitative estimate of drug-likeness (QED) is 0.440. The molecular weight excluding hydrogens is 372 g/mol. The van der Waals surface area contributed by atoms with Crippen molar-refractivity contribution in [2.75, 3.05) is 11.1 Å². The van der Waals surface area contributed by atoms with Crippen molar-refractivity contribution >= 4 is 55.1 Å². The number of nitrogens with zero attached hydrogens (tertiary/aromatic N) is 1. The van der Waals surface area contributed by atoms with Crippen molar-refractivity contribution in [3.63, 3.8) is 0 Å². The van der Waals surface area contributed by atoms with Crippen molar-refractivity contribution in [3.05, 3.63) is 65.2 Å². The van der Waals surface area contributed by atoms with Crippen LogP contribution in [0.25, 0.3) is 21.0 Å². The van der Waals surface area contributed by atoms with Crippen LogP contribution in [0.1, 0.15) is 28.4 Å². The van der Waals surface area contributed by atoms with Gasteiger partial charge in [-0.15, -0.1) is 11.8 Å². The zero-order valence-electron chi connectivity index (χ0n) is 14.9. The number of thiazole rings is 1. The summed E-state index contributed by atoms with van der Waals surface area (Å²) >= 11 is 3.24. The molecular formula is C22H18N2OS2. The maximum atomic E-state index is 12.8. The van der Waals surface area contributed by atoms with Crippen LogP contribution >= 0.6 is 23.1 Å². The summed E-state index contributed by atoms with van der Waals surface area (Å²) in [7, 11) is 0. The Kier molecular flexibility index (Phi) is 4.14. The van der Waals surface area contributed by atoms with E-state index >= 15 is 0 Å². The standard InChI is InChI=1S/C22H18N2OS2/c1-2-26-17-9-4-3-7-15(17)21(25)24-22-23-20-16-8-5-6-13-10-11-14(19(13)16)12-18(20)27-22/h3-9,12H,2,10-11H2,1H3,(H,23,24,25). The lowest BCUT2D eigenvalue weighted by Crippen LogP contribution is -2.12. The fourth-order valence-corrected chi connectivity index (χ4v) is 5.60. The lowest BCUT2D eigenvalue weighted by Gasteiger charge is -2.07. The summed E-state index contributed by atoms with van der Waals surface area (Å²) in [5, 5.41) is 6.25. The molecule has 0 spiro atoms. The smallest absolute Gasteiger partial charge is 0.258 e. The summed E-state index contributed by atoms with van der Waals surface area (Å²) in [5.74, 6) is 0.839. The highest BCUT2D eigenvalue weighted by Crippen LogP contribution is 2.39. The van der Waals surface area contributed by atoms with Crippen LogP contribution in [-0.4, -0.2) is 16.6 Å². The molecule has 1 heterocycles. The first kappa shape index (κ1) is 16.8. The molecule has 0 saturated heterocycles. The van der Waals surface area contributed by atoms with Gasteiger partial charge in [-0.1, -0.05) is 48.6 Å². The van der Waals surface area contributed by atoms with Gasteiger partial charge < -0.3 is 0 Å². The fourth-order valence-electron chi connectivity index (χ4n) is 3.86. The SMILES string of the molecule is CCSc1ccccc1C(=O)Nc1nc2c(cc3c4c(cccc42)CC3)s1. The second kappa shape index (κ2) is 6.66. The molecule has 134 valence electrons. The molecule has 5 heteroatoms. The van der Waals surface area contributed by atoms with E-state index in [1.54, 1.807) is 23.1 Å². The number of carbonyl (C=O) groups excluding carboxylic acids is 1. The summed E-state index contributed by atoms with van der Waals surface area (Å²) in [6.45, 7) is 2.09. The number of aryl methyl sites for hydroxylation is 2. The molecule has 0 aliphatic heterocycles. The molecule has 4 aromatic rings. The monoisotopic (exact) mass is 390 g/mol. The van der Waals surface area contributed by atoms with E-state index in [1.165, 1.54) is 21.9 Å². The van der Waals surface area contributed by atoms with E-state index in [9.17, 15) is 4.79 Å². The van der Waals surface area contributed by atoms with Crippen LogP contribution in [0.15, 0.2) is 53.4 Å². The van der Waals surface area contributed by atoms with Crippen molar-refractivity contribution < 1.29 is 4.79 Å². The minimum atomic E-state index is -0.0945. The van der Waals surface area contributed by atoms with E-state index in [0.29, 0.717) is 10.7 Å². The lowest BCUT2D eigenvalue weighted by atomic mass is 10.0. The molecule has 5 rings (SSSR count). The van der Waals surface area contributed by atoms with Crippen LogP contribution in [0, 0.1) is 0 Å². The molecule has 27 heavy (non-hydrogen) atoms. The number of hydrogen-bond acceptors (Lipinski definition) is 4. The van der Waals surface area contributed by atoms with Gasteiger partial charge in [-0.05, 0) is 53.3 Å². The van der Waals surface area contributed by atoms with Gasteiger partial charge in [0.25, 0.3) is 5.91 Å².